The summed E-state index contributed by atoms with van der Waals surface area (Å²) in [5.41, 5.74) is 2.12. The molecule has 1 aromatic heterocycles. The van der Waals surface area contributed by atoms with Crippen molar-refractivity contribution in [2.24, 2.45) is 0 Å². The first-order valence-electron chi connectivity index (χ1n) is 6.55. The first kappa shape index (κ1) is 13.2. The maximum Gasteiger partial charge on any atom is 0.262 e. The molecule has 2 heterocycles. The summed E-state index contributed by atoms with van der Waals surface area (Å²) in [5.74, 6) is 0.138. The molecule has 0 spiro atoms. The lowest BCUT2D eigenvalue weighted by atomic mass is 10.1. The zero-order chi connectivity index (χ0) is 14.7. The minimum absolute atomic E-state index is 0.0292. The lowest BCUT2D eigenvalue weighted by Gasteiger charge is -2.18. The van der Waals surface area contributed by atoms with Gasteiger partial charge < -0.3 is 15.4 Å². The molecule has 0 unspecified atom stereocenters. The van der Waals surface area contributed by atoms with Crippen molar-refractivity contribution in [2.75, 3.05) is 18.5 Å². The van der Waals surface area contributed by atoms with Crippen LogP contribution in [0.25, 0.3) is 0 Å². The number of benzene rings is 1. The number of carbonyl (C=O) groups is 2. The van der Waals surface area contributed by atoms with Crippen LogP contribution in [-0.4, -0.2) is 35.2 Å². The summed E-state index contributed by atoms with van der Waals surface area (Å²) in [5, 5.41) is 12.1. The third-order valence-electron chi connectivity index (χ3n) is 3.13. The number of hydrogen-bond acceptors (Lipinski definition) is 4. The molecule has 0 fully saturated rings. The van der Waals surface area contributed by atoms with Gasteiger partial charge in [-0.25, -0.2) is 0 Å². The SMILES string of the molecule is O=C1COc2cc(C(=O)NCCc3cn[nH]c3)ccc2N1. The van der Waals surface area contributed by atoms with Crippen molar-refractivity contribution in [3.05, 3.63) is 41.7 Å². The van der Waals surface area contributed by atoms with Crippen LogP contribution in [0.15, 0.2) is 30.6 Å². The van der Waals surface area contributed by atoms with E-state index in [9.17, 15) is 9.59 Å². The monoisotopic (exact) mass is 286 g/mol. The Morgan fingerprint density at radius 3 is 3.14 bits per heavy atom. The Labute approximate surface area is 120 Å². The second kappa shape index (κ2) is 5.66. The van der Waals surface area contributed by atoms with Crippen LogP contribution < -0.4 is 15.4 Å². The maximum absolute atomic E-state index is 12.0. The van der Waals surface area contributed by atoms with E-state index in [1.807, 2.05) is 0 Å². The van der Waals surface area contributed by atoms with Gasteiger partial charge in [-0.3, -0.25) is 14.7 Å². The summed E-state index contributed by atoms with van der Waals surface area (Å²) in [6, 6.07) is 4.94. The second-order valence-corrected chi connectivity index (χ2v) is 4.66. The third-order valence-corrected chi connectivity index (χ3v) is 3.13. The number of H-pyrrole nitrogens is 1. The first-order chi connectivity index (χ1) is 10.2. The molecule has 2 aromatic rings. The van der Waals surface area contributed by atoms with E-state index in [1.165, 1.54) is 0 Å². The van der Waals surface area contributed by atoms with Gasteiger partial charge in [0.2, 0.25) is 0 Å². The van der Waals surface area contributed by atoms with E-state index in [4.69, 9.17) is 4.74 Å². The van der Waals surface area contributed by atoms with Gasteiger partial charge in [-0.1, -0.05) is 0 Å². The Morgan fingerprint density at radius 2 is 2.33 bits per heavy atom. The minimum atomic E-state index is -0.195. The zero-order valence-corrected chi connectivity index (χ0v) is 11.2. The Morgan fingerprint density at radius 1 is 1.43 bits per heavy atom. The molecule has 108 valence electrons. The summed E-state index contributed by atoms with van der Waals surface area (Å²) in [7, 11) is 0. The van der Waals surface area contributed by atoms with Gasteiger partial charge in [-0.2, -0.15) is 5.10 Å². The highest BCUT2D eigenvalue weighted by molar-refractivity contribution is 5.98. The second-order valence-electron chi connectivity index (χ2n) is 4.66. The molecule has 21 heavy (non-hydrogen) atoms. The number of rotatable bonds is 4. The van der Waals surface area contributed by atoms with Crippen molar-refractivity contribution in [3.8, 4) is 5.75 Å². The number of anilines is 1. The van der Waals surface area contributed by atoms with E-state index in [-0.39, 0.29) is 18.4 Å². The number of nitrogens with one attached hydrogen (secondary N) is 3. The lowest BCUT2D eigenvalue weighted by Crippen LogP contribution is -2.27. The largest absolute Gasteiger partial charge is 0.482 e. The number of aromatic amines is 1. The van der Waals surface area contributed by atoms with Gasteiger partial charge in [-0.05, 0) is 30.2 Å². The lowest BCUT2D eigenvalue weighted by molar-refractivity contribution is -0.118. The van der Waals surface area contributed by atoms with Gasteiger partial charge in [0.1, 0.15) is 5.75 Å². The van der Waals surface area contributed by atoms with Crippen LogP contribution in [0.4, 0.5) is 5.69 Å². The zero-order valence-electron chi connectivity index (χ0n) is 11.2. The fourth-order valence-electron chi connectivity index (χ4n) is 2.05. The van der Waals surface area contributed by atoms with Gasteiger partial charge in [0.05, 0.1) is 11.9 Å². The van der Waals surface area contributed by atoms with Gasteiger partial charge in [0.25, 0.3) is 11.8 Å². The quantitative estimate of drug-likeness (QED) is 0.771. The van der Waals surface area contributed by atoms with E-state index >= 15 is 0 Å². The van der Waals surface area contributed by atoms with Gasteiger partial charge in [-0.15, -0.1) is 0 Å². The van der Waals surface area contributed by atoms with Crippen LogP contribution in [0.2, 0.25) is 0 Å². The Hall–Kier alpha value is -2.83. The van der Waals surface area contributed by atoms with E-state index in [0.717, 1.165) is 5.56 Å². The minimum Gasteiger partial charge on any atom is -0.482 e. The summed E-state index contributed by atoms with van der Waals surface area (Å²) in [6.45, 7) is 0.492. The summed E-state index contributed by atoms with van der Waals surface area (Å²) >= 11 is 0. The van der Waals surface area contributed by atoms with Gasteiger partial charge >= 0.3 is 0 Å². The maximum atomic E-state index is 12.0. The fourth-order valence-corrected chi connectivity index (χ4v) is 2.05. The Balaban J connectivity index is 1.61. The van der Waals surface area contributed by atoms with E-state index in [0.29, 0.717) is 30.0 Å². The molecular formula is C14H14N4O3. The fraction of sp³-hybridized carbons (Fsp3) is 0.214. The molecule has 1 aromatic carbocycles. The highest BCUT2D eigenvalue weighted by Crippen LogP contribution is 2.28. The van der Waals surface area contributed by atoms with Crippen molar-refractivity contribution in [3.63, 3.8) is 0 Å². The topological polar surface area (TPSA) is 96.1 Å². The number of aromatic nitrogens is 2. The molecular weight excluding hydrogens is 272 g/mol. The molecule has 1 aliphatic heterocycles. The van der Waals surface area contributed by atoms with Crippen LogP contribution in [-0.2, 0) is 11.2 Å². The van der Waals surface area contributed by atoms with Gasteiger partial charge in [0.15, 0.2) is 6.61 Å². The first-order valence-corrected chi connectivity index (χ1v) is 6.55. The molecule has 2 amide bonds. The molecule has 0 atom stereocenters. The average molecular weight is 286 g/mol. The molecule has 7 nitrogen and oxygen atoms in total. The van der Waals surface area contributed by atoms with Crippen molar-refractivity contribution in [1.82, 2.24) is 15.5 Å². The normalized spacial score (nSPS) is 13.0. The molecule has 0 radical (unpaired) electrons. The molecule has 1 aliphatic rings. The summed E-state index contributed by atoms with van der Waals surface area (Å²) < 4.78 is 5.29. The number of nitrogens with zero attached hydrogens (tertiary/aromatic N) is 1. The van der Waals surface area contributed by atoms with E-state index in [2.05, 4.69) is 20.8 Å². The Kier molecular flexibility index (Phi) is 3.55. The molecule has 3 rings (SSSR count). The molecule has 0 saturated carbocycles. The summed E-state index contributed by atoms with van der Waals surface area (Å²) in [4.78, 5) is 23.2. The number of ether oxygens (including phenoxy) is 1. The molecule has 7 heteroatoms. The average Bonchev–Trinajstić information content (AvgIpc) is 3.00. The molecule has 0 bridgehead atoms. The molecule has 3 N–H and O–H groups in total. The van der Waals surface area contributed by atoms with Crippen LogP contribution in [0.3, 0.4) is 0 Å². The smallest absolute Gasteiger partial charge is 0.262 e. The predicted octanol–water partition coefficient (Wildman–Crippen LogP) is 0.713. The Bertz CT molecular complexity index is 667. The standard InChI is InChI=1S/C14H14N4O3/c19-13-8-21-12-5-10(1-2-11(12)18-13)14(20)15-4-3-9-6-16-17-7-9/h1-2,5-7H,3-4,8H2,(H,15,20)(H,16,17)(H,18,19). The number of amides is 2. The highest BCUT2D eigenvalue weighted by atomic mass is 16.5. The van der Waals surface area contributed by atoms with Crippen LogP contribution in [0, 0.1) is 0 Å². The summed E-state index contributed by atoms with van der Waals surface area (Å²) in [6.07, 6.45) is 4.23. The van der Waals surface area contributed by atoms with Crippen LogP contribution in [0.5, 0.6) is 5.75 Å². The van der Waals surface area contributed by atoms with Crippen molar-refractivity contribution in [1.29, 1.82) is 0 Å². The van der Waals surface area contributed by atoms with Crippen molar-refractivity contribution < 1.29 is 14.3 Å². The van der Waals surface area contributed by atoms with Crippen molar-refractivity contribution in [2.45, 2.75) is 6.42 Å². The van der Waals surface area contributed by atoms with E-state index < -0.39 is 0 Å². The van der Waals surface area contributed by atoms with Gasteiger partial charge in [0, 0.05) is 18.3 Å². The highest BCUT2D eigenvalue weighted by Gasteiger charge is 2.17. The molecule has 0 aliphatic carbocycles. The third kappa shape index (κ3) is 3.02. The predicted molar refractivity (Wildman–Crippen MR) is 75.2 cm³/mol. The van der Waals surface area contributed by atoms with Crippen LogP contribution in [0.1, 0.15) is 15.9 Å². The van der Waals surface area contributed by atoms with Crippen molar-refractivity contribution >= 4 is 17.5 Å². The number of hydrogen-bond donors (Lipinski definition) is 3. The molecule has 0 saturated heterocycles. The van der Waals surface area contributed by atoms with Crippen LogP contribution >= 0.6 is 0 Å². The number of carbonyl (C=O) groups excluding carboxylic acids is 2. The van der Waals surface area contributed by atoms with E-state index in [1.54, 1.807) is 30.6 Å². The number of fused-ring (bicyclic) bond motifs is 1.